The van der Waals surface area contributed by atoms with Crippen LogP contribution in [0.1, 0.15) is 37.3 Å². The molecule has 0 saturated heterocycles. The number of esters is 1. The number of aromatic nitrogens is 1. The molecule has 0 atom stereocenters. The number of hydrogen-bond acceptors (Lipinski definition) is 6. The number of carbonyl (C=O) groups is 2. The first kappa shape index (κ1) is 21.5. The quantitative estimate of drug-likeness (QED) is 0.453. The monoisotopic (exact) mass is 430 g/mol. The first-order valence-corrected chi connectivity index (χ1v) is 11.5. The zero-order valence-electron chi connectivity index (χ0n) is 17.0. The average molecular weight is 431 g/mol. The van der Waals surface area contributed by atoms with Gasteiger partial charge in [-0.1, -0.05) is 26.0 Å². The zero-order chi connectivity index (χ0) is 20.9. The Bertz CT molecular complexity index is 929. The van der Waals surface area contributed by atoms with Crippen molar-refractivity contribution in [3.63, 3.8) is 0 Å². The summed E-state index contributed by atoms with van der Waals surface area (Å²) in [5.41, 5.74) is 1.36. The molecule has 3 rings (SSSR count). The van der Waals surface area contributed by atoms with E-state index in [9.17, 15) is 9.59 Å². The van der Waals surface area contributed by atoms with Crippen LogP contribution in [0.4, 0.5) is 0 Å². The third-order valence-corrected chi connectivity index (χ3v) is 7.14. The molecule has 0 N–H and O–H groups in total. The first-order valence-electron chi connectivity index (χ1n) is 9.74. The molecule has 0 spiro atoms. The molecule has 0 aliphatic rings. The van der Waals surface area contributed by atoms with Gasteiger partial charge < -0.3 is 9.64 Å². The number of rotatable bonds is 9. The highest BCUT2D eigenvalue weighted by Crippen LogP contribution is 2.35. The molecule has 2 aromatic heterocycles. The lowest BCUT2D eigenvalue weighted by molar-refractivity contribution is -0.161. The number of likely N-dealkylation sites (N-methyl/N-ethyl adjacent to an activating group) is 1. The molecule has 0 aliphatic carbocycles. The van der Waals surface area contributed by atoms with Crippen LogP contribution in [0, 0.1) is 5.41 Å². The fourth-order valence-corrected chi connectivity index (χ4v) is 5.05. The molecule has 0 unspecified atom stereocenters. The van der Waals surface area contributed by atoms with E-state index in [2.05, 4.69) is 4.98 Å². The first-order chi connectivity index (χ1) is 14.0. The van der Waals surface area contributed by atoms with Gasteiger partial charge in [-0.25, -0.2) is 4.98 Å². The third kappa shape index (κ3) is 5.03. The molecule has 7 heteroatoms. The van der Waals surface area contributed by atoms with Crippen molar-refractivity contribution in [2.45, 2.75) is 39.7 Å². The molecule has 0 radical (unpaired) electrons. The van der Waals surface area contributed by atoms with Crippen molar-refractivity contribution in [2.75, 3.05) is 13.7 Å². The number of fused-ring (bicyclic) bond motifs is 1. The SMILES string of the molecule is CCC(CC)(Cc1nc2ccccc2s1)C(=O)OCC(=O)N(C)Cc1ccsc1. The molecule has 5 nitrogen and oxygen atoms in total. The van der Waals surface area contributed by atoms with E-state index in [1.165, 1.54) is 0 Å². The predicted octanol–water partition coefficient (Wildman–Crippen LogP) is 4.91. The summed E-state index contributed by atoms with van der Waals surface area (Å²) in [5.74, 6) is -0.523. The molecule has 0 saturated carbocycles. The van der Waals surface area contributed by atoms with E-state index in [0.29, 0.717) is 25.8 Å². The summed E-state index contributed by atoms with van der Waals surface area (Å²) in [6.07, 6.45) is 1.80. The highest BCUT2D eigenvalue weighted by molar-refractivity contribution is 7.18. The van der Waals surface area contributed by atoms with Crippen molar-refractivity contribution in [3.8, 4) is 0 Å². The minimum atomic E-state index is -0.667. The summed E-state index contributed by atoms with van der Waals surface area (Å²) in [7, 11) is 1.72. The standard InChI is InChI=1S/C22H26N2O3S2/c1-4-22(5-2,12-19-23-17-8-6-7-9-18(17)29-19)21(26)27-14-20(25)24(3)13-16-10-11-28-15-16/h6-11,15H,4-5,12-14H2,1-3H3. The number of nitrogens with zero attached hydrogens (tertiary/aromatic N) is 2. The Morgan fingerprint density at radius 1 is 1.17 bits per heavy atom. The number of amides is 1. The molecule has 1 aromatic carbocycles. The molecule has 29 heavy (non-hydrogen) atoms. The Hall–Kier alpha value is -2.25. The molecule has 0 fully saturated rings. The number of benzene rings is 1. The van der Waals surface area contributed by atoms with Crippen molar-refractivity contribution in [1.29, 1.82) is 0 Å². The van der Waals surface area contributed by atoms with Crippen LogP contribution in [-0.4, -0.2) is 35.4 Å². The van der Waals surface area contributed by atoms with Crippen molar-refractivity contribution < 1.29 is 14.3 Å². The average Bonchev–Trinajstić information content (AvgIpc) is 3.38. The number of para-hydroxylation sites is 1. The fraction of sp³-hybridized carbons (Fsp3) is 0.409. The Morgan fingerprint density at radius 3 is 2.59 bits per heavy atom. The van der Waals surface area contributed by atoms with Crippen molar-refractivity contribution in [2.24, 2.45) is 5.41 Å². The highest BCUT2D eigenvalue weighted by atomic mass is 32.1. The zero-order valence-corrected chi connectivity index (χ0v) is 18.6. The van der Waals surface area contributed by atoms with Gasteiger partial charge in [-0.3, -0.25) is 9.59 Å². The van der Waals surface area contributed by atoms with Crippen LogP contribution in [0.25, 0.3) is 10.2 Å². The van der Waals surface area contributed by atoms with Gasteiger partial charge >= 0.3 is 5.97 Å². The van der Waals surface area contributed by atoms with E-state index >= 15 is 0 Å². The van der Waals surface area contributed by atoms with E-state index < -0.39 is 5.41 Å². The summed E-state index contributed by atoms with van der Waals surface area (Å²) in [5, 5.41) is 4.91. The molecule has 1 amide bonds. The molecular weight excluding hydrogens is 404 g/mol. The van der Waals surface area contributed by atoms with E-state index in [0.717, 1.165) is 20.8 Å². The second kappa shape index (κ2) is 9.50. The Morgan fingerprint density at radius 2 is 1.93 bits per heavy atom. The lowest BCUT2D eigenvalue weighted by atomic mass is 9.79. The minimum Gasteiger partial charge on any atom is -0.455 e. The predicted molar refractivity (Wildman–Crippen MR) is 118 cm³/mol. The van der Waals surface area contributed by atoms with Crippen LogP contribution >= 0.6 is 22.7 Å². The smallest absolute Gasteiger partial charge is 0.312 e. The number of thiazole rings is 1. The van der Waals surface area contributed by atoms with Gasteiger partial charge in [0.05, 0.1) is 20.6 Å². The number of ether oxygens (including phenoxy) is 1. The molecular formula is C22H26N2O3S2. The van der Waals surface area contributed by atoms with Crippen molar-refractivity contribution in [1.82, 2.24) is 9.88 Å². The number of thiophene rings is 1. The largest absolute Gasteiger partial charge is 0.455 e. The Kier molecular flexibility index (Phi) is 7.03. The van der Waals surface area contributed by atoms with Crippen LogP contribution in [0.5, 0.6) is 0 Å². The van der Waals surface area contributed by atoms with Gasteiger partial charge in [0.2, 0.25) is 0 Å². The topological polar surface area (TPSA) is 59.5 Å². The molecule has 0 bridgehead atoms. The van der Waals surface area contributed by atoms with Gasteiger partial charge in [-0.15, -0.1) is 11.3 Å². The van der Waals surface area contributed by atoms with E-state index in [1.807, 2.05) is 54.9 Å². The maximum atomic E-state index is 13.0. The van der Waals surface area contributed by atoms with Crippen LogP contribution in [0.15, 0.2) is 41.1 Å². The summed E-state index contributed by atoms with van der Waals surface area (Å²) in [4.78, 5) is 31.6. The summed E-state index contributed by atoms with van der Waals surface area (Å²) in [6, 6.07) is 9.96. The maximum Gasteiger partial charge on any atom is 0.312 e. The fourth-order valence-electron chi connectivity index (χ4n) is 3.28. The maximum absolute atomic E-state index is 13.0. The van der Waals surface area contributed by atoms with Crippen molar-refractivity contribution >= 4 is 44.8 Å². The lowest BCUT2D eigenvalue weighted by Crippen LogP contribution is -2.37. The summed E-state index contributed by atoms with van der Waals surface area (Å²) in [6.45, 7) is 4.25. The van der Waals surface area contributed by atoms with Gasteiger partial charge in [0, 0.05) is 20.0 Å². The lowest BCUT2D eigenvalue weighted by Gasteiger charge is -2.28. The van der Waals surface area contributed by atoms with E-state index in [-0.39, 0.29) is 18.5 Å². The molecule has 0 aliphatic heterocycles. The van der Waals surface area contributed by atoms with Crippen molar-refractivity contribution in [3.05, 3.63) is 51.7 Å². The second-order valence-corrected chi connectivity index (χ2v) is 9.09. The van der Waals surface area contributed by atoms with Crippen LogP contribution in [0.2, 0.25) is 0 Å². The van der Waals surface area contributed by atoms with Gasteiger partial charge in [-0.2, -0.15) is 11.3 Å². The van der Waals surface area contributed by atoms with Gasteiger partial charge in [0.25, 0.3) is 5.91 Å². The van der Waals surface area contributed by atoms with Crippen LogP contribution in [0.3, 0.4) is 0 Å². The Balaban J connectivity index is 1.64. The number of hydrogen-bond donors (Lipinski definition) is 0. The molecule has 2 heterocycles. The van der Waals surface area contributed by atoms with E-state index in [4.69, 9.17) is 4.74 Å². The van der Waals surface area contributed by atoms with E-state index in [1.54, 1.807) is 34.6 Å². The normalized spacial score (nSPS) is 11.6. The van der Waals surface area contributed by atoms with Crippen LogP contribution in [-0.2, 0) is 27.3 Å². The number of carbonyl (C=O) groups excluding carboxylic acids is 2. The summed E-state index contributed by atoms with van der Waals surface area (Å²) >= 11 is 3.21. The second-order valence-electron chi connectivity index (χ2n) is 7.20. The Labute approximate surface area is 179 Å². The van der Waals surface area contributed by atoms with Gasteiger partial charge in [0.1, 0.15) is 0 Å². The third-order valence-electron chi connectivity index (χ3n) is 5.37. The van der Waals surface area contributed by atoms with Crippen LogP contribution < -0.4 is 0 Å². The summed E-state index contributed by atoms with van der Waals surface area (Å²) < 4.78 is 6.60. The molecule has 154 valence electrons. The van der Waals surface area contributed by atoms with Gasteiger partial charge in [0.15, 0.2) is 6.61 Å². The van der Waals surface area contributed by atoms with Gasteiger partial charge in [-0.05, 0) is 47.4 Å². The highest BCUT2D eigenvalue weighted by Gasteiger charge is 2.38. The molecule has 3 aromatic rings. The minimum absolute atomic E-state index is 0.203.